The molecule has 1 rings (SSSR count). The summed E-state index contributed by atoms with van der Waals surface area (Å²) in [5.74, 6) is -0.406. The first-order chi connectivity index (χ1) is 9.76. The molecular formula is C15H17F3N2O. The number of alkyl halides is 3. The highest BCUT2D eigenvalue weighted by Gasteiger charge is 2.30. The first-order valence-electron chi connectivity index (χ1n) is 6.31. The van der Waals surface area contributed by atoms with Crippen molar-refractivity contribution in [2.45, 2.75) is 33.4 Å². The number of benzene rings is 1. The SMILES string of the molecule is CC(=O)N/C(=C\C#N)c1ccc(C(F)(F)F)cc1.CCC. The van der Waals surface area contributed by atoms with Gasteiger partial charge in [0, 0.05) is 13.0 Å². The fraction of sp³-hybridized carbons (Fsp3) is 0.333. The minimum Gasteiger partial charge on any atom is -0.325 e. The molecule has 1 aromatic carbocycles. The third-order valence-corrected chi connectivity index (χ3v) is 2.04. The quantitative estimate of drug-likeness (QED) is 0.835. The highest BCUT2D eigenvalue weighted by molar-refractivity contribution is 5.85. The fourth-order valence-electron chi connectivity index (χ4n) is 1.28. The van der Waals surface area contributed by atoms with Crippen LogP contribution in [0, 0.1) is 11.3 Å². The normalized spacial score (nSPS) is 11.0. The molecule has 21 heavy (non-hydrogen) atoms. The van der Waals surface area contributed by atoms with E-state index in [1.165, 1.54) is 25.5 Å². The van der Waals surface area contributed by atoms with Crippen LogP contribution in [0.15, 0.2) is 30.3 Å². The average molecular weight is 298 g/mol. The van der Waals surface area contributed by atoms with E-state index in [-0.39, 0.29) is 5.70 Å². The molecule has 0 atom stereocenters. The van der Waals surface area contributed by atoms with Gasteiger partial charge in [0.15, 0.2) is 0 Å². The number of hydrogen-bond acceptors (Lipinski definition) is 2. The molecule has 0 aliphatic carbocycles. The number of carbonyl (C=O) groups is 1. The van der Waals surface area contributed by atoms with Crippen LogP contribution < -0.4 is 5.32 Å². The van der Waals surface area contributed by atoms with Gasteiger partial charge in [-0.15, -0.1) is 0 Å². The molecule has 0 bridgehead atoms. The topological polar surface area (TPSA) is 52.9 Å². The predicted octanol–water partition coefficient (Wildman–Crippen LogP) is 4.12. The maximum absolute atomic E-state index is 12.3. The molecule has 3 nitrogen and oxygen atoms in total. The van der Waals surface area contributed by atoms with Crippen molar-refractivity contribution in [2.75, 3.05) is 0 Å². The minimum absolute atomic E-state index is 0.165. The summed E-state index contributed by atoms with van der Waals surface area (Å²) in [6.07, 6.45) is -2.10. The summed E-state index contributed by atoms with van der Waals surface area (Å²) < 4.78 is 37.0. The van der Waals surface area contributed by atoms with Gasteiger partial charge in [-0.1, -0.05) is 32.4 Å². The molecule has 0 unspecified atom stereocenters. The van der Waals surface area contributed by atoms with Gasteiger partial charge < -0.3 is 5.32 Å². The van der Waals surface area contributed by atoms with Crippen molar-refractivity contribution in [2.24, 2.45) is 0 Å². The first kappa shape index (κ1) is 18.7. The standard InChI is InChI=1S/C12H9F3N2O.C3H8/c1-8(18)17-11(6-7-16)9-2-4-10(5-3-9)12(13,14)15;1-3-2/h2-6H,1H3,(H,17,18);3H2,1-2H3/b11-6-;. The van der Waals surface area contributed by atoms with Crippen LogP contribution in [0.2, 0.25) is 0 Å². The molecule has 0 aliphatic heterocycles. The molecule has 0 saturated carbocycles. The van der Waals surface area contributed by atoms with Crippen molar-refractivity contribution in [1.82, 2.24) is 5.32 Å². The zero-order valence-electron chi connectivity index (χ0n) is 12.1. The molecule has 0 fully saturated rings. The van der Waals surface area contributed by atoms with Crippen LogP contribution in [0.1, 0.15) is 38.3 Å². The number of rotatable bonds is 2. The van der Waals surface area contributed by atoms with Gasteiger partial charge in [0.25, 0.3) is 0 Å². The highest BCUT2D eigenvalue weighted by Crippen LogP contribution is 2.29. The second kappa shape index (κ2) is 8.80. The van der Waals surface area contributed by atoms with Crippen molar-refractivity contribution in [3.05, 3.63) is 41.5 Å². The Bertz CT molecular complexity index is 525. The Balaban J connectivity index is 0.00000122. The van der Waals surface area contributed by atoms with Crippen LogP contribution in [0.4, 0.5) is 13.2 Å². The zero-order valence-corrected chi connectivity index (χ0v) is 12.1. The maximum Gasteiger partial charge on any atom is 0.416 e. The summed E-state index contributed by atoms with van der Waals surface area (Å²) in [4.78, 5) is 10.9. The van der Waals surface area contributed by atoms with E-state index in [4.69, 9.17) is 5.26 Å². The van der Waals surface area contributed by atoms with Gasteiger partial charge in [0.05, 0.1) is 17.3 Å². The average Bonchev–Trinajstić information content (AvgIpc) is 2.38. The number of nitrogens with one attached hydrogen (secondary N) is 1. The molecule has 0 heterocycles. The molecule has 0 saturated heterocycles. The number of hydrogen-bond donors (Lipinski definition) is 1. The third-order valence-electron chi connectivity index (χ3n) is 2.04. The van der Waals surface area contributed by atoms with Gasteiger partial charge in [-0.2, -0.15) is 18.4 Å². The number of nitriles is 1. The van der Waals surface area contributed by atoms with Crippen LogP contribution in [-0.4, -0.2) is 5.91 Å². The molecule has 1 aromatic rings. The second-order valence-electron chi connectivity index (χ2n) is 4.15. The van der Waals surface area contributed by atoms with E-state index in [0.29, 0.717) is 5.56 Å². The van der Waals surface area contributed by atoms with E-state index >= 15 is 0 Å². The molecular weight excluding hydrogens is 281 g/mol. The van der Waals surface area contributed by atoms with Crippen LogP contribution in [0.3, 0.4) is 0 Å². The minimum atomic E-state index is -4.41. The lowest BCUT2D eigenvalue weighted by molar-refractivity contribution is -0.137. The fourth-order valence-corrected chi connectivity index (χ4v) is 1.28. The Morgan fingerprint density at radius 1 is 1.29 bits per heavy atom. The number of carbonyl (C=O) groups excluding carboxylic acids is 1. The Hall–Kier alpha value is -2.29. The summed E-state index contributed by atoms with van der Waals surface area (Å²) in [7, 11) is 0. The second-order valence-corrected chi connectivity index (χ2v) is 4.15. The Labute approximate surface area is 122 Å². The van der Waals surface area contributed by atoms with Crippen molar-refractivity contribution >= 4 is 11.6 Å². The zero-order chi connectivity index (χ0) is 16.5. The largest absolute Gasteiger partial charge is 0.416 e. The van der Waals surface area contributed by atoms with E-state index in [0.717, 1.165) is 18.2 Å². The van der Waals surface area contributed by atoms with Gasteiger partial charge in [0.1, 0.15) is 0 Å². The molecule has 1 N–H and O–H groups in total. The van der Waals surface area contributed by atoms with E-state index in [2.05, 4.69) is 19.2 Å². The van der Waals surface area contributed by atoms with Crippen molar-refractivity contribution in [3.8, 4) is 6.07 Å². The molecule has 6 heteroatoms. The van der Waals surface area contributed by atoms with Crippen molar-refractivity contribution in [1.29, 1.82) is 5.26 Å². The van der Waals surface area contributed by atoms with E-state index < -0.39 is 17.6 Å². The van der Waals surface area contributed by atoms with E-state index in [9.17, 15) is 18.0 Å². The van der Waals surface area contributed by atoms with Gasteiger partial charge in [-0.25, -0.2) is 0 Å². The summed E-state index contributed by atoms with van der Waals surface area (Å²) in [6, 6.07) is 5.89. The molecule has 0 spiro atoms. The molecule has 114 valence electrons. The lowest BCUT2D eigenvalue weighted by atomic mass is 10.1. The monoisotopic (exact) mass is 298 g/mol. The molecule has 0 aliphatic rings. The highest BCUT2D eigenvalue weighted by atomic mass is 19.4. The van der Waals surface area contributed by atoms with Crippen LogP contribution in [-0.2, 0) is 11.0 Å². The van der Waals surface area contributed by atoms with E-state index in [1.54, 1.807) is 6.07 Å². The number of halogens is 3. The lowest BCUT2D eigenvalue weighted by Crippen LogP contribution is -2.18. The van der Waals surface area contributed by atoms with Crippen LogP contribution in [0.5, 0.6) is 0 Å². The number of nitrogens with zero attached hydrogens (tertiary/aromatic N) is 1. The summed E-state index contributed by atoms with van der Waals surface area (Å²) >= 11 is 0. The Kier molecular flexibility index (Phi) is 7.84. The van der Waals surface area contributed by atoms with Gasteiger partial charge >= 0.3 is 6.18 Å². The van der Waals surface area contributed by atoms with Crippen LogP contribution in [0.25, 0.3) is 5.70 Å². The molecule has 0 radical (unpaired) electrons. The predicted molar refractivity (Wildman–Crippen MR) is 74.8 cm³/mol. The lowest BCUT2D eigenvalue weighted by Gasteiger charge is -2.10. The van der Waals surface area contributed by atoms with Crippen LogP contribution >= 0.6 is 0 Å². The first-order valence-corrected chi connectivity index (χ1v) is 6.31. The number of allylic oxidation sites excluding steroid dienone is 1. The van der Waals surface area contributed by atoms with E-state index in [1.807, 2.05) is 0 Å². The molecule has 1 amide bonds. The molecule has 0 aromatic heterocycles. The van der Waals surface area contributed by atoms with Crippen molar-refractivity contribution < 1.29 is 18.0 Å². The third kappa shape index (κ3) is 7.16. The Morgan fingerprint density at radius 2 is 1.76 bits per heavy atom. The maximum atomic E-state index is 12.3. The Morgan fingerprint density at radius 3 is 2.10 bits per heavy atom. The van der Waals surface area contributed by atoms with Gasteiger partial charge in [0.2, 0.25) is 5.91 Å². The smallest absolute Gasteiger partial charge is 0.325 e. The van der Waals surface area contributed by atoms with Crippen molar-refractivity contribution in [3.63, 3.8) is 0 Å². The van der Waals surface area contributed by atoms with Gasteiger partial charge in [-0.05, 0) is 17.7 Å². The van der Waals surface area contributed by atoms with Gasteiger partial charge in [-0.3, -0.25) is 4.79 Å². The number of amides is 1. The summed E-state index contributed by atoms with van der Waals surface area (Å²) in [6.45, 7) is 5.50. The summed E-state index contributed by atoms with van der Waals surface area (Å²) in [5, 5.41) is 10.9. The summed E-state index contributed by atoms with van der Waals surface area (Å²) in [5.41, 5.74) is -0.288.